The van der Waals surface area contributed by atoms with E-state index >= 15 is 0 Å². The molecule has 0 aliphatic carbocycles. The Labute approximate surface area is 435 Å². The molecule has 0 aliphatic heterocycles. The van der Waals surface area contributed by atoms with Gasteiger partial charge in [0, 0.05) is 19.3 Å². The van der Waals surface area contributed by atoms with Gasteiger partial charge in [-0.05, 0) is 51.4 Å². The van der Waals surface area contributed by atoms with Crippen molar-refractivity contribution in [3.05, 3.63) is 36.5 Å². The lowest BCUT2D eigenvalue weighted by Crippen LogP contribution is -2.30. The summed E-state index contributed by atoms with van der Waals surface area (Å²) in [6, 6.07) is 0. The Balaban J connectivity index is 4.24. The molecule has 0 aromatic rings. The average Bonchev–Trinajstić information content (AvgIpc) is 3.36. The molecule has 410 valence electrons. The summed E-state index contributed by atoms with van der Waals surface area (Å²) in [5, 5.41) is 0. The van der Waals surface area contributed by atoms with Crippen LogP contribution in [0.1, 0.15) is 335 Å². The molecule has 0 amide bonds. The van der Waals surface area contributed by atoms with E-state index in [1.165, 1.54) is 212 Å². The second-order valence-corrected chi connectivity index (χ2v) is 21.0. The molecule has 0 aromatic carbocycles. The topological polar surface area (TPSA) is 78.9 Å². The summed E-state index contributed by atoms with van der Waals surface area (Å²) in [6.45, 7) is 6.56. The molecule has 0 radical (unpaired) electrons. The quantitative estimate of drug-likeness (QED) is 0.0261. The molecule has 70 heavy (non-hydrogen) atoms. The first-order chi connectivity index (χ1) is 34.5. The minimum absolute atomic E-state index is 0.0763. The van der Waals surface area contributed by atoms with Gasteiger partial charge in [-0.2, -0.15) is 0 Å². The Bertz CT molecular complexity index is 1170. The first-order valence-electron chi connectivity index (χ1n) is 31.0. The van der Waals surface area contributed by atoms with Crippen molar-refractivity contribution in [2.24, 2.45) is 0 Å². The Kier molecular flexibility index (Phi) is 57.2. The number of rotatable bonds is 57. The molecule has 0 aromatic heterocycles. The number of hydrogen-bond donors (Lipinski definition) is 0. The predicted molar refractivity (Wildman–Crippen MR) is 302 cm³/mol. The molecule has 0 N–H and O–H groups in total. The van der Waals surface area contributed by atoms with Crippen LogP contribution in [0.25, 0.3) is 0 Å². The molecule has 0 saturated heterocycles. The maximum atomic E-state index is 12.9. The predicted octanol–water partition coefficient (Wildman–Crippen LogP) is 20.8. The van der Waals surface area contributed by atoms with E-state index in [1.807, 2.05) is 0 Å². The van der Waals surface area contributed by atoms with Crippen molar-refractivity contribution < 1.29 is 28.6 Å². The van der Waals surface area contributed by atoms with E-state index in [4.69, 9.17) is 14.2 Å². The van der Waals surface area contributed by atoms with Crippen molar-refractivity contribution in [3.8, 4) is 0 Å². The van der Waals surface area contributed by atoms with E-state index in [-0.39, 0.29) is 31.1 Å². The molecule has 0 spiro atoms. The third-order valence-electron chi connectivity index (χ3n) is 13.9. The highest BCUT2D eigenvalue weighted by Gasteiger charge is 2.19. The fraction of sp³-hybridized carbons (Fsp3) is 0.859. The number of ether oxygens (including phenoxy) is 3. The second kappa shape index (κ2) is 59.2. The number of carbonyl (C=O) groups is 3. The molecule has 6 heteroatoms. The molecule has 0 aliphatic rings. The average molecular weight is 984 g/mol. The van der Waals surface area contributed by atoms with Crippen molar-refractivity contribution in [2.75, 3.05) is 13.2 Å². The van der Waals surface area contributed by atoms with Crippen LogP contribution in [-0.4, -0.2) is 37.2 Å². The van der Waals surface area contributed by atoms with Gasteiger partial charge in [0.15, 0.2) is 6.10 Å². The molecular weight excluding hydrogens is 865 g/mol. The Morgan fingerprint density at radius 1 is 0.300 bits per heavy atom. The smallest absolute Gasteiger partial charge is 0.306 e. The number of unbranched alkanes of at least 4 members (excludes halogenated alkanes) is 40. The van der Waals surface area contributed by atoms with Gasteiger partial charge in [0.05, 0.1) is 0 Å². The molecule has 6 nitrogen and oxygen atoms in total. The van der Waals surface area contributed by atoms with Gasteiger partial charge in [-0.3, -0.25) is 14.4 Å². The van der Waals surface area contributed by atoms with Gasteiger partial charge >= 0.3 is 17.9 Å². The SMILES string of the molecule is CC/C=C\C/C=C\C/C=C\CCCCCC(=O)OCC(COC(=O)CCCCCCCCCCCCCCCCCCCCCCCCCC)OC(=O)CCCCCCCCCCCCCCCCC. The van der Waals surface area contributed by atoms with Crippen molar-refractivity contribution in [3.63, 3.8) is 0 Å². The van der Waals surface area contributed by atoms with Crippen molar-refractivity contribution in [1.29, 1.82) is 0 Å². The van der Waals surface area contributed by atoms with E-state index in [0.29, 0.717) is 19.3 Å². The van der Waals surface area contributed by atoms with Gasteiger partial charge < -0.3 is 14.2 Å². The van der Waals surface area contributed by atoms with Gasteiger partial charge in [-0.1, -0.05) is 301 Å². The number of allylic oxidation sites excluding steroid dienone is 6. The van der Waals surface area contributed by atoms with E-state index in [9.17, 15) is 14.4 Å². The first kappa shape index (κ1) is 67.6. The van der Waals surface area contributed by atoms with E-state index in [1.54, 1.807) is 0 Å². The zero-order valence-corrected chi connectivity index (χ0v) is 47.1. The Morgan fingerprint density at radius 3 is 0.871 bits per heavy atom. The van der Waals surface area contributed by atoms with E-state index in [2.05, 4.69) is 57.2 Å². The van der Waals surface area contributed by atoms with Crippen LogP contribution in [0.2, 0.25) is 0 Å². The number of esters is 3. The summed E-state index contributed by atoms with van der Waals surface area (Å²) in [5.74, 6) is -0.885. The maximum Gasteiger partial charge on any atom is 0.306 e. The van der Waals surface area contributed by atoms with Gasteiger partial charge in [0.2, 0.25) is 0 Å². The number of carbonyl (C=O) groups excluding carboxylic acids is 3. The van der Waals surface area contributed by atoms with Crippen molar-refractivity contribution >= 4 is 17.9 Å². The van der Waals surface area contributed by atoms with Gasteiger partial charge in [0.1, 0.15) is 13.2 Å². The highest BCUT2D eigenvalue weighted by atomic mass is 16.6. The van der Waals surface area contributed by atoms with Crippen LogP contribution in [0.3, 0.4) is 0 Å². The summed E-state index contributed by atoms with van der Waals surface area (Å²) in [4.78, 5) is 38.2. The fourth-order valence-corrected chi connectivity index (χ4v) is 9.28. The van der Waals surface area contributed by atoms with Crippen LogP contribution in [0.15, 0.2) is 36.5 Å². The summed E-state index contributed by atoms with van der Waals surface area (Å²) < 4.78 is 16.9. The Hall–Kier alpha value is -2.37. The van der Waals surface area contributed by atoms with Gasteiger partial charge in [0.25, 0.3) is 0 Å². The van der Waals surface area contributed by atoms with Crippen LogP contribution < -0.4 is 0 Å². The van der Waals surface area contributed by atoms with E-state index < -0.39 is 6.10 Å². The Morgan fingerprint density at radius 2 is 0.557 bits per heavy atom. The molecule has 1 atom stereocenters. The molecule has 0 fully saturated rings. The summed E-state index contributed by atoms with van der Waals surface area (Å²) in [7, 11) is 0. The van der Waals surface area contributed by atoms with Crippen LogP contribution in [-0.2, 0) is 28.6 Å². The standard InChI is InChI=1S/C64H118O6/c1-4-7-10-13-16-19-22-25-27-28-29-30-31-32-33-34-35-37-39-42-45-48-51-54-57-63(66)69-60-61(59-68-62(65)56-53-50-47-44-41-38-24-21-18-15-12-9-6-3)70-64(67)58-55-52-49-46-43-40-36-26-23-20-17-14-11-8-5-2/h9,12,18,21,38,41,61H,4-8,10-11,13-17,19-20,22-37,39-40,42-60H2,1-3H3/b12-9-,21-18-,41-38-. The van der Waals surface area contributed by atoms with Gasteiger partial charge in [-0.25, -0.2) is 0 Å². The zero-order chi connectivity index (χ0) is 50.7. The third-order valence-corrected chi connectivity index (χ3v) is 13.9. The van der Waals surface area contributed by atoms with Crippen molar-refractivity contribution in [1.82, 2.24) is 0 Å². The van der Waals surface area contributed by atoms with Crippen molar-refractivity contribution in [2.45, 2.75) is 341 Å². The monoisotopic (exact) mass is 983 g/mol. The first-order valence-corrected chi connectivity index (χ1v) is 31.0. The highest BCUT2D eigenvalue weighted by Crippen LogP contribution is 2.18. The largest absolute Gasteiger partial charge is 0.462 e. The molecule has 0 saturated carbocycles. The van der Waals surface area contributed by atoms with Crippen LogP contribution in [0, 0.1) is 0 Å². The number of hydrogen-bond acceptors (Lipinski definition) is 6. The molecule has 0 rings (SSSR count). The van der Waals surface area contributed by atoms with E-state index in [0.717, 1.165) is 83.5 Å². The lowest BCUT2D eigenvalue weighted by molar-refractivity contribution is -0.167. The van der Waals surface area contributed by atoms with Crippen LogP contribution in [0.4, 0.5) is 0 Å². The highest BCUT2D eigenvalue weighted by molar-refractivity contribution is 5.71. The fourth-order valence-electron chi connectivity index (χ4n) is 9.28. The summed E-state index contributed by atoms with van der Waals surface area (Å²) in [6.07, 6.45) is 71.6. The maximum absolute atomic E-state index is 12.9. The molecule has 0 heterocycles. The zero-order valence-electron chi connectivity index (χ0n) is 47.1. The molecular formula is C64H118O6. The van der Waals surface area contributed by atoms with Crippen LogP contribution in [0.5, 0.6) is 0 Å². The molecule has 1 unspecified atom stereocenters. The summed E-state index contributed by atoms with van der Waals surface area (Å²) in [5.41, 5.74) is 0. The van der Waals surface area contributed by atoms with Crippen LogP contribution >= 0.6 is 0 Å². The minimum Gasteiger partial charge on any atom is -0.462 e. The second-order valence-electron chi connectivity index (χ2n) is 21.0. The normalized spacial score (nSPS) is 12.2. The van der Waals surface area contributed by atoms with Gasteiger partial charge in [-0.15, -0.1) is 0 Å². The minimum atomic E-state index is -0.780. The lowest BCUT2D eigenvalue weighted by atomic mass is 10.0. The summed E-state index contributed by atoms with van der Waals surface area (Å²) >= 11 is 0. The third kappa shape index (κ3) is 56.5. The molecule has 0 bridgehead atoms. The lowest BCUT2D eigenvalue weighted by Gasteiger charge is -2.18.